The van der Waals surface area contributed by atoms with Crippen molar-refractivity contribution in [2.75, 3.05) is 0 Å². The number of rotatable bonds is 2. The predicted molar refractivity (Wildman–Crippen MR) is 42.5 cm³/mol. The van der Waals surface area contributed by atoms with Gasteiger partial charge in [0.2, 0.25) is 0 Å². The van der Waals surface area contributed by atoms with Crippen LogP contribution in [0.15, 0.2) is 28.6 Å². The van der Waals surface area contributed by atoms with Gasteiger partial charge in [0.15, 0.2) is 5.69 Å². The van der Waals surface area contributed by atoms with E-state index in [0.717, 1.165) is 0 Å². The van der Waals surface area contributed by atoms with Crippen LogP contribution < -0.4 is 0 Å². The predicted octanol–water partition coefficient (Wildman–Crippen LogP) is 1.96. The molecule has 0 saturated heterocycles. The van der Waals surface area contributed by atoms with Crippen molar-refractivity contribution >= 4 is 23.8 Å². The first kappa shape index (κ1) is 7.74. The molecule has 0 aliphatic carbocycles. The van der Waals surface area contributed by atoms with Crippen LogP contribution in [-0.2, 0) is 12.4 Å². The number of para-hydroxylation sites is 1. The van der Waals surface area contributed by atoms with E-state index < -0.39 is 4.92 Å². The third-order valence-corrected chi connectivity index (χ3v) is 1.37. The summed E-state index contributed by atoms with van der Waals surface area (Å²) in [5, 5.41) is 10.3. The average molecular weight is 168 g/mol. The molecule has 0 radical (unpaired) electrons. The lowest BCUT2D eigenvalue weighted by Crippen LogP contribution is -1.86. The molecule has 0 heterocycles. The summed E-state index contributed by atoms with van der Waals surface area (Å²) in [4.78, 5) is 9.77. The molecule has 0 bridgehead atoms. The Bertz CT molecular complexity index is 300. The van der Waals surface area contributed by atoms with Crippen molar-refractivity contribution in [3.05, 3.63) is 34.4 Å². The molecule has 11 heavy (non-hydrogen) atoms. The standard InChI is InChI=1S/C6H4N2O2S/c9-8(10)6-4-2-1-3-5(6)7-11/h1-4H. The highest BCUT2D eigenvalue weighted by Crippen LogP contribution is 2.25. The van der Waals surface area contributed by atoms with Crippen molar-refractivity contribution in [2.24, 2.45) is 4.36 Å². The summed E-state index contributed by atoms with van der Waals surface area (Å²) in [5.74, 6) is 0. The van der Waals surface area contributed by atoms with E-state index in [-0.39, 0.29) is 11.4 Å². The van der Waals surface area contributed by atoms with Crippen LogP contribution in [0.2, 0.25) is 0 Å². The molecule has 0 aromatic heterocycles. The van der Waals surface area contributed by atoms with Gasteiger partial charge in [-0.15, -0.1) is 0 Å². The Kier molecular flexibility index (Phi) is 2.22. The van der Waals surface area contributed by atoms with Gasteiger partial charge >= 0.3 is 0 Å². The third kappa shape index (κ3) is 1.56. The summed E-state index contributed by atoms with van der Waals surface area (Å²) in [5.41, 5.74) is 0.176. The highest BCUT2D eigenvalue weighted by atomic mass is 32.1. The van der Waals surface area contributed by atoms with Crippen molar-refractivity contribution in [1.82, 2.24) is 0 Å². The Morgan fingerprint density at radius 2 is 2.09 bits per heavy atom. The summed E-state index contributed by atoms with van der Waals surface area (Å²) < 4.78 is 3.33. The van der Waals surface area contributed by atoms with E-state index in [9.17, 15) is 10.1 Å². The molecule has 5 heteroatoms. The van der Waals surface area contributed by atoms with Gasteiger partial charge in [-0.3, -0.25) is 10.1 Å². The summed E-state index contributed by atoms with van der Waals surface area (Å²) in [7, 11) is 0. The molecule has 0 saturated carbocycles. The molecular weight excluding hydrogens is 164 g/mol. The smallest absolute Gasteiger partial charge is 0.258 e. The van der Waals surface area contributed by atoms with E-state index >= 15 is 0 Å². The van der Waals surface area contributed by atoms with E-state index in [1.54, 1.807) is 12.1 Å². The van der Waals surface area contributed by atoms with Crippen LogP contribution in [0.3, 0.4) is 0 Å². The highest BCUT2D eigenvalue weighted by molar-refractivity contribution is 7.47. The minimum absolute atomic E-state index is 0.0532. The molecule has 4 nitrogen and oxygen atoms in total. The molecule has 0 aliphatic rings. The Hall–Kier alpha value is -1.36. The van der Waals surface area contributed by atoms with Crippen LogP contribution in [-0.4, -0.2) is 4.92 Å². The Labute approximate surface area is 68.2 Å². The van der Waals surface area contributed by atoms with Crippen molar-refractivity contribution in [1.29, 1.82) is 0 Å². The van der Waals surface area contributed by atoms with Gasteiger partial charge in [0.1, 0.15) is 0 Å². The van der Waals surface area contributed by atoms with Gasteiger partial charge in [-0.1, -0.05) is 12.1 Å². The number of hydrogen-bond acceptors (Lipinski definition) is 4. The lowest BCUT2D eigenvalue weighted by atomic mass is 10.3. The van der Waals surface area contributed by atoms with Crippen LogP contribution in [0, 0.1) is 10.1 Å². The summed E-state index contributed by atoms with van der Waals surface area (Å²) >= 11 is 4.35. The summed E-state index contributed by atoms with van der Waals surface area (Å²) in [6.07, 6.45) is 0. The number of hydrogen-bond donors (Lipinski definition) is 0. The quantitative estimate of drug-likeness (QED) is 0.501. The molecule has 56 valence electrons. The fraction of sp³-hybridized carbons (Fsp3) is 0. The molecule has 0 fully saturated rings. The lowest BCUT2D eigenvalue weighted by Gasteiger charge is -1.92. The summed E-state index contributed by atoms with van der Waals surface area (Å²) in [6.45, 7) is 0. The first-order valence-corrected chi connectivity index (χ1v) is 3.19. The Balaban J connectivity index is 3.22. The zero-order chi connectivity index (χ0) is 8.27. The maximum atomic E-state index is 10.3. The molecular formula is C6H4N2O2S. The Morgan fingerprint density at radius 1 is 1.45 bits per heavy atom. The largest absolute Gasteiger partial charge is 0.295 e. The second kappa shape index (κ2) is 3.16. The fourth-order valence-corrected chi connectivity index (χ4v) is 0.850. The molecule has 1 aromatic carbocycles. The zero-order valence-corrected chi connectivity index (χ0v) is 6.25. The second-order valence-electron chi connectivity index (χ2n) is 1.84. The number of nitro benzene ring substituents is 1. The molecule has 0 N–H and O–H groups in total. The average Bonchev–Trinajstić information content (AvgIpc) is 2.04. The van der Waals surface area contributed by atoms with Crippen LogP contribution in [0.25, 0.3) is 0 Å². The molecule has 0 unspecified atom stereocenters. The molecule has 0 atom stereocenters. The number of benzene rings is 1. The van der Waals surface area contributed by atoms with Crippen LogP contribution in [0.1, 0.15) is 0 Å². The molecule has 0 amide bonds. The van der Waals surface area contributed by atoms with Crippen molar-refractivity contribution in [2.45, 2.75) is 0 Å². The highest BCUT2D eigenvalue weighted by Gasteiger charge is 2.09. The maximum Gasteiger partial charge on any atom is 0.295 e. The molecule has 1 aromatic rings. The van der Waals surface area contributed by atoms with Gasteiger partial charge in [0.05, 0.1) is 4.92 Å². The minimum Gasteiger partial charge on any atom is -0.258 e. The first-order chi connectivity index (χ1) is 5.25. The van der Waals surface area contributed by atoms with Gasteiger partial charge < -0.3 is 0 Å². The van der Waals surface area contributed by atoms with Crippen LogP contribution in [0.5, 0.6) is 0 Å². The van der Waals surface area contributed by atoms with Crippen LogP contribution >= 0.6 is 0 Å². The Morgan fingerprint density at radius 3 is 2.55 bits per heavy atom. The van der Waals surface area contributed by atoms with Gasteiger partial charge in [0.25, 0.3) is 5.69 Å². The maximum absolute atomic E-state index is 10.3. The third-order valence-electron chi connectivity index (χ3n) is 1.18. The lowest BCUT2D eigenvalue weighted by molar-refractivity contribution is -0.384. The van der Waals surface area contributed by atoms with E-state index in [4.69, 9.17) is 0 Å². The topological polar surface area (TPSA) is 55.5 Å². The van der Waals surface area contributed by atoms with E-state index in [1.807, 2.05) is 0 Å². The van der Waals surface area contributed by atoms with Gasteiger partial charge in [0, 0.05) is 18.5 Å². The van der Waals surface area contributed by atoms with Gasteiger partial charge in [-0.2, -0.15) is 4.36 Å². The molecule has 0 spiro atoms. The van der Waals surface area contributed by atoms with Gasteiger partial charge in [-0.25, -0.2) is 0 Å². The SMILES string of the molecule is O=[N+]([O-])c1ccccc1N=S. The van der Waals surface area contributed by atoms with E-state index in [2.05, 4.69) is 16.8 Å². The van der Waals surface area contributed by atoms with Crippen molar-refractivity contribution in [3.8, 4) is 0 Å². The van der Waals surface area contributed by atoms with Crippen LogP contribution in [0.4, 0.5) is 11.4 Å². The zero-order valence-electron chi connectivity index (χ0n) is 5.43. The normalized spacial score (nSPS) is 9.09. The van der Waals surface area contributed by atoms with E-state index in [0.29, 0.717) is 0 Å². The van der Waals surface area contributed by atoms with Crippen molar-refractivity contribution in [3.63, 3.8) is 0 Å². The number of nitrogens with zero attached hydrogens (tertiary/aromatic N) is 2. The summed E-state index contributed by atoms with van der Waals surface area (Å²) in [6, 6.07) is 6.09. The second-order valence-corrected chi connectivity index (χ2v) is 2.02. The number of nitro groups is 1. The monoisotopic (exact) mass is 168 g/mol. The van der Waals surface area contributed by atoms with E-state index in [1.165, 1.54) is 12.1 Å². The fourth-order valence-electron chi connectivity index (χ4n) is 0.696. The molecule has 1 rings (SSSR count). The molecule has 0 aliphatic heterocycles. The minimum atomic E-state index is -0.509. The van der Waals surface area contributed by atoms with Crippen molar-refractivity contribution < 1.29 is 4.92 Å². The first-order valence-electron chi connectivity index (χ1n) is 2.82. The van der Waals surface area contributed by atoms with Gasteiger partial charge in [-0.05, 0) is 6.07 Å².